The van der Waals surface area contributed by atoms with Gasteiger partial charge in [0, 0.05) is 31.5 Å². The molecule has 22 heavy (non-hydrogen) atoms. The molecule has 116 valence electrons. The van der Waals surface area contributed by atoms with Crippen molar-refractivity contribution in [3.8, 4) is 6.07 Å². The number of rotatable bonds is 4. The average Bonchev–Trinajstić information content (AvgIpc) is 2.57. The fourth-order valence-corrected chi connectivity index (χ4v) is 2.64. The monoisotopic (exact) mass is 297 g/mol. The number of nitriles is 1. The lowest BCUT2D eigenvalue weighted by atomic mass is 9.99. The molecule has 0 unspecified atom stereocenters. The van der Waals surface area contributed by atoms with Crippen LogP contribution in [0.1, 0.15) is 26.7 Å². The van der Waals surface area contributed by atoms with Crippen molar-refractivity contribution in [2.75, 3.05) is 24.5 Å². The van der Waals surface area contributed by atoms with E-state index in [-0.39, 0.29) is 11.5 Å². The second kappa shape index (κ2) is 7.65. The lowest BCUT2D eigenvalue weighted by molar-refractivity contribution is -0.128. The number of hydrogen-bond acceptors (Lipinski definition) is 3. The van der Waals surface area contributed by atoms with E-state index in [0.29, 0.717) is 12.5 Å². The van der Waals surface area contributed by atoms with E-state index in [1.54, 1.807) is 11.1 Å². The zero-order chi connectivity index (χ0) is 15.9. The van der Waals surface area contributed by atoms with Gasteiger partial charge in [0.05, 0.1) is 0 Å². The van der Waals surface area contributed by atoms with Gasteiger partial charge in [-0.15, -0.1) is 0 Å². The summed E-state index contributed by atoms with van der Waals surface area (Å²) < 4.78 is 0. The highest BCUT2D eigenvalue weighted by atomic mass is 16.2. The molecule has 0 aromatic heterocycles. The van der Waals surface area contributed by atoms with Gasteiger partial charge in [0.1, 0.15) is 11.6 Å². The van der Waals surface area contributed by atoms with Crippen LogP contribution >= 0.6 is 0 Å². The summed E-state index contributed by atoms with van der Waals surface area (Å²) in [6.45, 7) is 6.41. The minimum Gasteiger partial charge on any atom is -0.347 e. The van der Waals surface area contributed by atoms with Crippen LogP contribution in [-0.2, 0) is 4.79 Å². The predicted molar refractivity (Wildman–Crippen MR) is 88.1 cm³/mol. The summed E-state index contributed by atoms with van der Waals surface area (Å²) in [5.41, 5.74) is 1.19. The molecule has 0 spiro atoms. The molecule has 1 aliphatic heterocycles. The van der Waals surface area contributed by atoms with Crippen LogP contribution in [0.3, 0.4) is 0 Å². The minimum atomic E-state index is -0.149. The van der Waals surface area contributed by atoms with Gasteiger partial charge in [0.25, 0.3) is 5.91 Å². The molecule has 1 heterocycles. The lowest BCUT2D eigenvalue weighted by Crippen LogP contribution is -2.39. The molecule has 0 atom stereocenters. The van der Waals surface area contributed by atoms with E-state index >= 15 is 0 Å². The summed E-state index contributed by atoms with van der Waals surface area (Å²) in [7, 11) is 0. The highest BCUT2D eigenvalue weighted by molar-refractivity contribution is 5.97. The number of anilines is 1. The van der Waals surface area contributed by atoms with E-state index in [1.807, 2.05) is 42.2 Å². The summed E-state index contributed by atoms with van der Waals surface area (Å²) >= 11 is 0. The number of carbonyl (C=O) groups excluding carboxylic acids is 1. The number of amides is 1. The Hall–Kier alpha value is -2.28. The Bertz CT molecular complexity index is 566. The van der Waals surface area contributed by atoms with Crippen molar-refractivity contribution < 1.29 is 4.79 Å². The zero-order valence-electron chi connectivity index (χ0n) is 13.3. The standard InChI is InChI=1S/C18H23N3O/c1-3-20(17-7-5-4-6-8-17)14-16(13-19)18(22)21-11-9-15(2)10-12-21/h4-8,14-15H,3,9-12H2,1-2H3/b16-14-. The molecule has 0 aliphatic carbocycles. The number of para-hydroxylation sites is 1. The van der Waals surface area contributed by atoms with Crippen LogP contribution in [0, 0.1) is 17.2 Å². The second-order valence-corrected chi connectivity index (χ2v) is 5.75. The maximum Gasteiger partial charge on any atom is 0.266 e. The van der Waals surface area contributed by atoms with Crippen molar-refractivity contribution in [1.29, 1.82) is 5.26 Å². The van der Waals surface area contributed by atoms with Gasteiger partial charge in [0.2, 0.25) is 0 Å². The number of carbonyl (C=O) groups is 1. The van der Waals surface area contributed by atoms with Crippen molar-refractivity contribution in [2.24, 2.45) is 5.92 Å². The molecule has 1 aromatic rings. The number of piperidine rings is 1. The van der Waals surface area contributed by atoms with Crippen molar-refractivity contribution in [3.63, 3.8) is 0 Å². The first-order chi connectivity index (χ1) is 10.7. The van der Waals surface area contributed by atoms with Gasteiger partial charge in [-0.25, -0.2) is 0 Å². The van der Waals surface area contributed by atoms with Crippen LogP contribution in [-0.4, -0.2) is 30.4 Å². The van der Waals surface area contributed by atoms with Gasteiger partial charge in [-0.2, -0.15) is 5.26 Å². The molecule has 1 saturated heterocycles. The maximum atomic E-state index is 12.5. The third-order valence-electron chi connectivity index (χ3n) is 4.14. The number of benzene rings is 1. The van der Waals surface area contributed by atoms with Gasteiger partial charge in [0.15, 0.2) is 0 Å². The molecule has 0 radical (unpaired) electrons. The van der Waals surface area contributed by atoms with E-state index in [2.05, 4.69) is 13.0 Å². The molecular formula is C18H23N3O. The molecule has 0 saturated carbocycles. The average molecular weight is 297 g/mol. The molecule has 0 bridgehead atoms. The molecule has 1 aromatic carbocycles. The molecule has 1 aliphatic rings. The van der Waals surface area contributed by atoms with Crippen LogP contribution in [0.25, 0.3) is 0 Å². The Labute approximate surface area is 132 Å². The van der Waals surface area contributed by atoms with E-state index < -0.39 is 0 Å². The number of nitrogens with zero attached hydrogens (tertiary/aromatic N) is 3. The summed E-state index contributed by atoms with van der Waals surface area (Å²) in [5.74, 6) is 0.513. The zero-order valence-corrected chi connectivity index (χ0v) is 13.3. The van der Waals surface area contributed by atoms with Crippen LogP contribution in [0.2, 0.25) is 0 Å². The molecule has 1 fully saturated rings. The Balaban J connectivity index is 2.15. The smallest absolute Gasteiger partial charge is 0.266 e. The van der Waals surface area contributed by atoms with Crippen LogP contribution in [0.5, 0.6) is 0 Å². The molecule has 4 nitrogen and oxygen atoms in total. The largest absolute Gasteiger partial charge is 0.347 e. The quantitative estimate of drug-likeness (QED) is 0.633. The Morgan fingerprint density at radius 1 is 1.36 bits per heavy atom. The van der Waals surface area contributed by atoms with E-state index in [0.717, 1.165) is 31.6 Å². The first-order valence-corrected chi connectivity index (χ1v) is 7.88. The van der Waals surface area contributed by atoms with Crippen molar-refractivity contribution in [3.05, 3.63) is 42.1 Å². The van der Waals surface area contributed by atoms with E-state index in [9.17, 15) is 10.1 Å². The van der Waals surface area contributed by atoms with Gasteiger partial charge in [-0.1, -0.05) is 25.1 Å². The second-order valence-electron chi connectivity index (χ2n) is 5.75. The Morgan fingerprint density at radius 3 is 2.55 bits per heavy atom. The van der Waals surface area contributed by atoms with Crippen molar-refractivity contribution in [2.45, 2.75) is 26.7 Å². The maximum absolute atomic E-state index is 12.5. The van der Waals surface area contributed by atoms with Crippen LogP contribution in [0.15, 0.2) is 42.1 Å². The molecule has 1 amide bonds. The summed E-state index contributed by atoms with van der Waals surface area (Å²) in [6, 6.07) is 11.9. The van der Waals surface area contributed by atoms with Crippen molar-refractivity contribution >= 4 is 11.6 Å². The fraction of sp³-hybridized carbons (Fsp3) is 0.444. The topological polar surface area (TPSA) is 47.3 Å². The normalized spacial score (nSPS) is 16.2. The van der Waals surface area contributed by atoms with E-state index in [4.69, 9.17) is 0 Å². The number of likely N-dealkylation sites (tertiary alicyclic amines) is 1. The molecule has 2 rings (SSSR count). The van der Waals surface area contributed by atoms with Crippen LogP contribution in [0.4, 0.5) is 5.69 Å². The van der Waals surface area contributed by atoms with Gasteiger partial charge >= 0.3 is 0 Å². The molecule has 0 N–H and O–H groups in total. The lowest BCUT2D eigenvalue weighted by Gasteiger charge is -2.30. The van der Waals surface area contributed by atoms with Crippen molar-refractivity contribution in [1.82, 2.24) is 4.90 Å². The van der Waals surface area contributed by atoms with Gasteiger partial charge < -0.3 is 9.80 Å². The number of hydrogen-bond donors (Lipinski definition) is 0. The highest BCUT2D eigenvalue weighted by Gasteiger charge is 2.23. The van der Waals surface area contributed by atoms with Gasteiger partial charge in [-0.05, 0) is 37.8 Å². The first kappa shape index (κ1) is 16.1. The summed E-state index contributed by atoms with van der Waals surface area (Å²) in [5, 5.41) is 9.38. The fourth-order valence-electron chi connectivity index (χ4n) is 2.64. The Kier molecular flexibility index (Phi) is 5.60. The third-order valence-corrected chi connectivity index (χ3v) is 4.14. The minimum absolute atomic E-state index is 0.149. The predicted octanol–water partition coefficient (Wildman–Crippen LogP) is 3.18. The molecular weight excluding hydrogens is 274 g/mol. The SMILES string of the molecule is CCN(/C=C(/C#N)C(=O)N1CCC(C)CC1)c1ccccc1. The highest BCUT2D eigenvalue weighted by Crippen LogP contribution is 2.19. The third kappa shape index (κ3) is 3.88. The van der Waals surface area contributed by atoms with E-state index in [1.165, 1.54) is 0 Å². The first-order valence-electron chi connectivity index (χ1n) is 7.88. The van der Waals surface area contributed by atoms with Crippen LogP contribution < -0.4 is 4.90 Å². The van der Waals surface area contributed by atoms with Gasteiger partial charge in [-0.3, -0.25) is 4.79 Å². The summed E-state index contributed by atoms with van der Waals surface area (Å²) in [4.78, 5) is 16.3. The molecule has 4 heteroatoms. The Morgan fingerprint density at radius 2 is 2.00 bits per heavy atom. The summed E-state index contributed by atoms with van der Waals surface area (Å²) in [6.07, 6.45) is 3.71.